The molecule has 0 radical (unpaired) electrons. The summed E-state index contributed by atoms with van der Waals surface area (Å²) in [6.07, 6.45) is 5.73. The maximum atomic E-state index is 5.46. The molecule has 0 aromatic carbocycles. The van der Waals surface area contributed by atoms with E-state index in [-0.39, 0.29) is 5.54 Å². The van der Waals surface area contributed by atoms with E-state index in [1.54, 1.807) is 6.20 Å². The van der Waals surface area contributed by atoms with Gasteiger partial charge in [0.15, 0.2) is 0 Å². The maximum absolute atomic E-state index is 5.46. The molecule has 1 aliphatic heterocycles. The minimum Gasteiger partial charge on any atom is -0.379 e. The summed E-state index contributed by atoms with van der Waals surface area (Å²) < 4.78 is 7.32. The topological polar surface area (TPSA) is 55.2 Å². The first kappa shape index (κ1) is 17.1. The summed E-state index contributed by atoms with van der Waals surface area (Å²) in [6, 6.07) is 4.00. The molecular weight excluding hydrogens is 302 g/mol. The zero-order valence-electron chi connectivity index (χ0n) is 14.8. The summed E-state index contributed by atoms with van der Waals surface area (Å²) in [7, 11) is 1.96. The fourth-order valence-electron chi connectivity index (χ4n) is 3.20. The van der Waals surface area contributed by atoms with E-state index in [1.165, 1.54) is 5.56 Å². The highest BCUT2D eigenvalue weighted by atomic mass is 16.5. The molecule has 0 unspecified atom stereocenters. The lowest BCUT2D eigenvalue weighted by Gasteiger charge is -2.41. The van der Waals surface area contributed by atoms with Crippen molar-refractivity contribution in [3.8, 4) is 11.3 Å². The lowest BCUT2D eigenvalue weighted by molar-refractivity contribution is -0.00966. The molecule has 0 atom stereocenters. The van der Waals surface area contributed by atoms with Gasteiger partial charge in [0.05, 0.1) is 18.9 Å². The maximum Gasteiger partial charge on any atom is 0.0983 e. The van der Waals surface area contributed by atoms with Crippen molar-refractivity contribution in [2.45, 2.75) is 25.9 Å². The average molecular weight is 329 g/mol. The van der Waals surface area contributed by atoms with E-state index in [4.69, 9.17) is 4.74 Å². The number of morpholine rings is 1. The Balaban J connectivity index is 1.63. The summed E-state index contributed by atoms with van der Waals surface area (Å²) in [5, 5.41) is 8.20. The largest absolute Gasteiger partial charge is 0.379 e. The lowest BCUT2D eigenvalue weighted by atomic mass is 10.0. The highest BCUT2D eigenvalue weighted by Crippen LogP contribution is 2.21. The Hall–Kier alpha value is -1.76. The monoisotopic (exact) mass is 329 g/mol. The number of nitrogens with zero attached hydrogens (tertiary/aromatic N) is 4. The summed E-state index contributed by atoms with van der Waals surface area (Å²) in [4.78, 5) is 6.70. The molecule has 0 saturated carbocycles. The van der Waals surface area contributed by atoms with Crippen molar-refractivity contribution < 1.29 is 4.74 Å². The van der Waals surface area contributed by atoms with Crippen LogP contribution in [0.15, 0.2) is 30.7 Å². The molecule has 24 heavy (non-hydrogen) atoms. The van der Waals surface area contributed by atoms with Gasteiger partial charge in [-0.1, -0.05) is 0 Å². The van der Waals surface area contributed by atoms with Crippen LogP contribution < -0.4 is 5.32 Å². The molecule has 0 bridgehead atoms. The van der Waals surface area contributed by atoms with Crippen LogP contribution in [0, 0.1) is 0 Å². The molecule has 2 aromatic heterocycles. The molecule has 130 valence electrons. The normalized spacial score (nSPS) is 16.5. The molecule has 3 rings (SSSR count). The number of aryl methyl sites for hydroxylation is 1. The first-order chi connectivity index (χ1) is 11.6. The predicted octanol–water partition coefficient (Wildman–Crippen LogP) is 1.68. The Morgan fingerprint density at radius 1 is 1.29 bits per heavy atom. The highest BCUT2D eigenvalue weighted by Gasteiger charge is 2.27. The van der Waals surface area contributed by atoms with Gasteiger partial charge in [-0.2, -0.15) is 5.10 Å². The third-order valence-electron chi connectivity index (χ3n) is 4.58. The number of nitrogens with one attached hydrogen (secondary N) is 1. The standard InChI is InChI=1S/C18H27N5O/c1-18(2,23-7-9-24-10-8-23)14-20-12-16-13-22(3)21-17(16)15-5-4-6-19-11-15/h4-6,11,13,20H,7-10,12,14H2,1-3H3. The number of ether oxygens (including phenoxy) is 1. The van der Waals surface area contributed by atoms with Crippen molar-refractivity contribution >= 4 is 0 Å². The minimum atomic E-state index is 0.112. The van der Waals surface area contributed by atoms with Crippen LogP contribution in [-0.2, 0) is 18.3 Å². The third-order valence-corrected chi connectivity index (χ3v) is 4.58. The van der Waals surface area contributed by atoms with Crippen LogP contribution in [0.3, 0.4) is 0 Å². The van der Waals surface area contributed by atoms with Crippen LogP contribution >= 0.6 is 0 Å². The van der Waals surface area contributed by atoms with Crippen LogP contribution in [0.2, 0.25) is 0 Å². The van der Waals surface area contributed by atoms with Crippen LogP contribution in [0.5, 0.6) is 0 Å². The minimum absolute atomic E-state index is 0.112. The van der Waals surface area contributed by atoms with E-state index in [0.717, 1.165) is 50.7 Å². The third kappa shape index (κ3) is 4.01. The summed E-state index contributed by atoms with van der Waals surface area (Å²) in [6.45, 7) is 9.97. The Morgan fingerprint density at radius 3 is 2.79 bits per heavy atom. The molecule has 0 spiro atoms. The van der Waals surface area contributed by atoms with Crippen molar-refractivity contribution in [2.24, 2.45) is 7.05 Å². The molecule has 3 heterocycles. The molecule has 2 aromatic rings. The predicted molar refractivity (Wildman–Crippen MR) is 94.6 cm³/mol. The molecule has 0 amide bonds. The van der Waals surface area contributed by atoms with Gasteiger partial charge in [-0.05, 0) is 26.0 Å². The second-order valence-corrected chi connectivity index (χ2v) is 6.93. The van der Waals surface area contributed by atoms with Crippen LogP contribution in [-0.4, -0.2) is 58.1 Å². The van der Waals surface area contributed by atoms with Gasteiger partial charge >= 0.3 is 0 Å². The zero-order valence-corrected chi connectivity index (χ0v) is 14.8. The molecule has 1 saturated heterocycles. The van der Waals surface area contributed by atoms with E-state index in [0.29, 0.717) is 0 Å². The first-order valence-corrected chi connectivity index (χ1v) is 8.53. The van der Waals surface area contributed by atoms with Crippen LogP contribution in [0.1, 0.15) is 19.4 Å². The van der Waals surface area contributed by atoms with Gasteiger partial charge in [-0.15, -0.1) is 0 Å². The van der Waals surface area contributed by atoms with Gasteiger partial charge in [0.2, 0.25) is 0 Å². The number of aromatic nitrogens is 3. The Morgan fingerprint density at radius 2 is 2.08 bits per heavy atom. The van der Waals surface area contributed by atoms with E-state index >= 15 is 0 Å². The number of hydrogen-bond acceptors (Lipinski definition) is 5. The number of pyridine rings is 1. The molecule has 6 nitrogen and oxygen atoms in total. The quantitative estimate of drug-likeness (QED) is 0.874. The fraction of sp³-hybridized carbons (Fsp3) is 0.556. The zero-order chi connectivity index (χ0) is 17.0. The average Bonchev–Trinajstić information content (AvgIpc) is 2.97. The van der Waals surface area contributed by atoms with Crippen LogP contribution in [0.25, 0.3) is 11.3 Å². The molecular formula is C18H27N5O. The Kier molecular flexibility index (Phi) is 5.28. The molecule has 6 heteroatoms. The SMILES string of the molecule is Cn1cc(CNCC(C)(C)N2CCOCC2)c(-c2cccnc2)n1. The van der Waals surface area contributed by atoms with Gasteiger partial charge in [0.25, 0.3) is 0 Å². The van der Waals surface area contributed by atoms with Crippen molar-refractivity contribution in [1.29, 1.82) is 0 Å². The smallest absolute Gasteiger partial charge is 0.0983 e. The van der Waals surface area contributed by atoms with Crippen molar-refractivity contribution in [3.05, 3.63) is 36.3 Å². The lowest BCUT2D eigenvalue weighted by Crippen LogP contribution is -2.54. The van der Waals surface area contributed by atoms with Crippen molar-refractivity contribution in [3.63, 3.8) is 0 Å². The van der Waals surface area contributed by atoms with Gasteiger partial charge in [-0.25, -0.2) is 0 Å². The van der Waals surface area contributed by atoms with E-state index in [1.807, 2.05) is 24.0 Å². The van der Waals surface area contributed by atoms with Crippen molar-refractivity contribution in [2.75, 3.05) is 32.8 Å². The first-order valence-electron chi connectivity index (χ1n) is 8.53. The summed E-state index contributed by atoms with van der Waals surface area (Å²) in [5.74, 6) is 0. The second kappa shape index (κ2) is 7.42. The van der Waals surface area contributed by atoms with Crippen LogP contribution in [0.4, 0.5) is 0 Å². The molecule has 1 fully saturated rings. The van der Waals surface area contributed by atoms with Gasteiger partial charge in [0.1, 0.15) is 0 Å². The van der Waals surface area contributed by atoms with E-state index in [2.05, 4.69) is 46.4 Å². The van der Waals surface area contributed by atoms with Gasteiger partial charge in [0, 0.05) is 68.5 Å². The van der Waals surface area contributed by atoms with E-state index < -0.39 is 0 Å². The molecule has 1 N–H and O–H groups in total. The van der Waals surface area contributed by atoms with Crippen molar-refractivity contribution in [1.82, 2.24) is 25.0 Å². The summed E-state index contributed by atoms with van der Waals surface area (Å²) in [5.41, 5.74) is 3.37. The van der Waals surface area contributed by atoms with Gasteiger partial charge < -0.3 is 10.1 Å². The molecule has 1 aliphatic rings. The number of rotatable bonds is 6. The Bertz CT molecular complexity index is 647. The van der Waals surface area contributed by atoms with E-state index in [9.17, 15) is 0 Å². The number of hydrogen-bond donors (Lipinski definition) is 1. The molecule has 0 aliphatic carbocycles. The highest BCUT2D eigenvalue weighted by molar-refractivity contribution is 5.61. The second-order valence-electron chi connectivity index (χ2n) is 6.93. The Labute approximate surface area is 143 Å². The summed E-state index contributed by atoms with van der Waals surface area (Å²) >= 11 is 0. The van der Waals surface area contributed by atoms with Gasteiger partial charge in [-0.3, -0.25) is 14.6 Å². The fourth-order valence-corrected chi connectivity index (χ4v) is 3.20.